The van der Waals surface area contributed by atoms with E-state index in [4.69, 9.17) is 28.7 Å². The number of aromatic amines is 1. The lowest BCUT2D eigenvalue weighted by molar-refractivity contribution is -0.142. The third kappa shape index (κ3) is 31.1. The van der Waals surface area contributed by atoms with Gasteiger partial charge in [-0.1, -0.05) is 77.8 Å². The number of nitrogens with one attached hydrogen (secondary N) is 12. The van der Waals surface area contributed by atoms with Gasteiger partial charge in [0.05, 0.1) is 31.8 Å². The molecule has 26 N–H and O–H groups in total. The van der Waals surface area contributed by atoms with Gasteiger partial charge in [0.2, 0.25) is 76.8 Å². The molecule has 13 amide bonds. The minimum atomic E-state index is -2.03. The van der Waals surface area contributed by atoms with Crippen LogP contribution in [0.25, 0.3) is 0 Å². The normalized spacial score (nSPS) is 14.9. The molecule has 0 aliphatic heterocycles. The van der Waals surface area contributed by atoms with Crippen molar-refractivity contribution in [3.63, 3.8) is 0 Å². The number of hydrogen-bond donors (Lipinski definition) is 21. The second-order valence-electron chi connectivity index (χ2n) is 23.8. The number of aliphatic hydroxyl groups excluding tert-OH is 1. The second kappa shape index (κ2) is 43.4. The molecule has 0 radical (unpaired) electrons. The van der Waals surface area contributed by atoms with Crippen molar-refractivity contribution in [3.05, 3.63) is 54.1 Å². The molecule has 1 heterocycles. The Kier molecular flexibility index (Phi) is 37.0. The van der Waals surface area contributed by atoms with Crippen LogP contribution in [0.2, 0.25) is 0 Å². The number of carbonyl (C=O) groups excluding carboxylic acids is 13. The second-order valence-corrected chi connectivity index (χ2v) is 23.8. The highest BCUT2D eigenvalue weighted by Crippen LogP contribution is 2.13. The molecule has 1 aromatic heterocycles. The van der Waals surface area contributed by atoms with Gasteiger partial charge in [-0.15, -0.1) is 0 Å². The van der Waals surface area contributed by atoms with E-state index in [2.05, 4.69) is 73.4 Å². The number of amides is 13. The minimum Gasteiger partial charge on any atom is -0.481 e. The Morgan fingerprint density at radius 2 is 0.950 bits per heavy atom. The maximum atomic E-state index is 14.3. The molecule has 100 heavy (non-hydrogen) atoms. The van der Waals surface area contributed by atoms with E-state index < -0.39 is 218 Å². The van der Waals surface area contributed by atoms with Gasteiger partial charge in [0.25, 0.3) is 0 Å². The van der Waals surface area contributed by atoms with Gasteiger partial charge in [-0.2, -0.15) is 0 Å². The van der Waals surface area contributed by atoms with Gasteiger partial charge in [0.15, 0.2) is 5.96 Å². The number of benzene rings is 1. The number of nitrogens with zero attached hydrogens (tertiary/aromatic N) is 2. The topological polar surface area (TPSA) is 658 Å². The molecular formula is C61H95N19O20. The third-order valence-electron chi connectivity index (χ3n) is 15.3. The zero-order valence-electron chi connectivity index (χ0n) is 56.3. The Morgan fingerprint density at radius 1 is 0.500 bits per heavy atom. The molecule has 0 saturated heterocycles. The van der Waals surface area contributed by atoms with Crippen molar-refractivity contribution in [2.45, 2.75) is 198 Å². The van der Waals surface area contributed by atoms with Crippen LogP contribution in [0.15, 0.2) is 47.8 Å². The van der Waals surface area contributed by atoms with Crippen LogP contribution in [-0.2, 0) is 89.6 Å². The fourth-order valence-electron chi connectivity index (χ4n) is 9.43. The quantitative estimate of drug-likeness (QED) is 0.0166. The first kappa shape index (κ1) is 85.2. The van der Waals surface area contributed by atoms with Crippen molar-refractivity contribution in [3.8, 4) is 0 Å². The molecule has 39 heteroatoms. The van der Waals surface area contributed by atoms with Crippen molar-refractivity contribution in [1.29, 1.82) is 0 Å². The predicted molar refractivity (Wildman–Crippen MR) is 353 cm³/mol. The number of rotatable bonds is 47. The number of carbonyl (C=O) groups is 16. The molecule has 0 fully saturated rings. The fraction of sp³-hybridized carbons (Fsp3) is 0.574. The lowest BCUT2D eigenvalue weighted by Gasteiger charge is -2.28. The summed E-state index contributed by atoms with van der Waals surface area (Å²) < 4.78 is 0. The van der Waals surface area contributed by atoms with E-state index in [1.165, 1.54) is 26.4 Å². The summed E-state index contributed by atoms with van der Waals surface area (Å²) in [6.45, 7) is 7.94. The molecule has 1 aromatic carbocycles. The number of hydrogen-bond acceptors (Lipinski definition) is 20. The third-order valence-corrected chi connectivity index (χ3v) is 15.3. The molecule has 0 saturated carbocycles. The number of H-pyrrole nitrogens is 1. The smallest absolute Gasteiger partial charge is 0.305 e. The molecule has 2 rings (SSSR count). The Bertz CT molecular complexity index is 3190. The van der Waals surface area contributed by atoms with Crippen molar-refractivity contribution in [2.24, 2.45) is 45.5 Å². The fourth-order valence-corrected chi connectivity index (χ4v) is 9.43. The van der Waals surface area contributed by atoms with E-state index in [0.717, 1.165) is 6.92 Å². The number of aliphatic carboxylic acids is 3. The van der Waals surface area contributed by atoms with Crippen LogP contribution in [0.1, 0.15) is 123 Å². The molecular weight excluding hydrogens is 1320 g/mol. The molecule has 39 nitrogen and oxygen atoms in total. The maximum Gasteiger partial charge on any atom is 0.305 e. The lowest BCUT2D eigenvalue weighted by atomic mass is 9.99. The predicted octanol–water partition coefficient (Wildman–Crippen LogP) is -7.01. The number of aromatic nitrogens is 2. The van der Waals surface area contributed by atoms with E-state index in [-0.39, 0.29) is 56.9 Å². The largest absolute Gasteiger partial charge is 0.481 e. The van der Waals surface area contributed by atoms with Gasteiger partial charge >= 0.3 is 17.9 Å². The van der Waals surface area contributed by atoms with Crippen molar-refractivity contribution < 1.29 is 97.1 Å². The van der Waals surface area contributed by atoms with Crippen LogP contribution in [0.3, 0.4) is 0 Å². The summed E-state index contributed by atoms with van der Waals surface area (Å²) in [4.78, 5) is 223. The summed E-state index contributed by atoms with van der Waals surface area (Å²) in [5.74, 6) is -20.3. The molecule has 554 valence electrons. The Balaban J connectivity index is 2.40. The number of nitrogens with two attached hydrogens (primary N) is 5. The van der Waals surface area contributed by atoms with Crippen molar-refractivity contribution in [1.82, 2.24) is 68.5 Å². The van der Waals surface area contributed by atoms with Crippen molar-refractivity contribution >= 4 is 101 Å². The SMILES string of the molecule is CCC[C@H](NC(=O)[C@H](CC(N)=O)NC(=O)[C@@H](NC(=O)[C@H](CCC(=O)O)NC(=O)[C@H](CO)NC(=O)[C@@H](N)[C@@H](C)CC)C(C)C)C(=O)N[C@@H](CC(=O)O)C(=O)N[C@@H](C)C(=O)N[C@@H](CCC(=O)O)C(=O)N[C@@H](Cc1ccccc1)C(=O)N[C@@H](CCCN=C(N)N)C(=O)N[C@@H](Cc1cnc[nH]1)C(N)=O. The minimum absolute atomic E-state index is 0.00960. The van der Waals surface area contributed by atoms with Gasteiger partial charge in [-0.25, -0.2) is 4.98 Å². The molecule has 0 unspecified atom stereocenters. The first-order valence-corrected chi connectivity index (χ1v) is 32.0. The molecule has 0 spiro atoms. The number of imidazole rings is 1. The Morgan fingerprint density at radius 3 is 1.43 bits per heavy atom. The number of guanidine groups is 1. The van der Waals surface area contributed by atoms with E-state index in [9.17, 15) is 97.1 Å². The molecule has 0 aliphatic carbocycles. The van der Waals surface area contributed by atoms with Gasteiger partial charge in [-0.3, -0.25) is 81.7 Å². The number of aliphatic hydroxyl groups is 1. The van der Waals surface area contributed by atoms with E-state index in [1.807, 2.05) is 0 Å². The lowest BCUT2D eigenvalue weighted by Crippen LogP contribution is -2.61. The average Bonchev–Trinajstić information content (AvgIpc) is 1.11. The van der Waals surface area contributed by atoms with Gasteiger partial charge in [0.1, 0.15) is 66.5 Å². The highest BCUT2D eigenvalue weighted by Gasteiger charge is 2.38. The zero-order chi connectivity index (χ0) is 75.5. The zero-order valence-corrected chi connectivity index (χ0v) is 56.3. The molecule has 0 bridgehead atoms. The summed E-state index contributed by atoms with van der Waals surface area (Å²) in [6, 6.07) is -11.4. The first-order chi connectivity index (χ1) is 47.0. The number of carboxylic acid groups (broad SMARTS) is 3. The van der Waals surface area contributed by atoms with Crippen LogP contribution in [0, 0.1) is 11.8 Å². The Hall–Kier alpha value is -10.9. The first-order valence-electron chi connectivity index (χ1n) is 32.0. The van der Waals surface area contributed by atoms with Gasteiger partial charge in [0, 0.05) is 44.1 Å². The van der Waals surface area contributed by atoms with Gasteiger partial charge in [-0.05, 0) is 56.4 Å². The molecule has 2 aromatic rings. The Labute approximate surface area is 574 Å². The summed E-state index contributed by atoms with van der Waals surface area (Å²) >= 11 is 0. The summed E-state index contributed by atoms with van der Waals surface area (Å²) in [7, 11) is 0. The van der Waals surface area contributed by atoms with Crippen LogP contribution in [-0.4, -0.2) is 217 Å². The van der Waals surface area contributed by atoms with Gasteiger partial charge < -0.3 is 113 Å². The average molecular weight is 1410 g/mol. The van der Waals surface area contributed by atoms with Crippen LogP contribution in [0.4, 0.5) is 0 Å². The molecule has 0 aliphatic rings. The summed E-state index contributed by atoms with van der Waals surface area (Å²) in [5.41, 5.74) is 28.8. The highest BCUT2D eigenvalue weighted by atomic mass is 16.4. The van der Waals surface area contributed by atoms with Crippen LogP contribution in [0.5, 0.6) is 0 Å². The number of carboxylic acids is 3. The number of aliphatic imine (C=N–C) groups is 1. The highest BCUT2D eigenvalue weighted by molar-refractivity contribution is 6.01. The van der Waals surface area contributed by atoms with E-state index >= 15 is 0 Å². The van der Waals surface area contributed by atoms with Crippen molar-refractivity contribution in [2.75, 3.05) is 13.2 Å². The number of primary amides is 2. The summed E-state index contributed by atoms with van der Waals surface area (Å²) in [5, 5.41) is 64.7. The van der Waals surface area contributed by atoms with Crippen LogP contribution < -0.4 is 87.2 Å². The van der Waals surface area contributed by atoms with E-state index in [1.54, 1.807) is 51.1 Å². The standard InChI is InChI=1S/C61H95N19O20/c1-7-13-34(72-57(97)40(24-43(62)82)78-60(100)48(29(3)4)80-54(94)37(18-20-45(85)86)74-58(98)42(27-81)79-59(99)47(63)30(5)8-2)51(91)77-41(25-46(87)88)55(95)70-31(6)50(90)71-36(17-19-44(83)84)53(93)76-39(22-32-14-10-9-11-15-32)56(96)73-35(16-12-21-68-61(65)66)52(92)75-38(49(64)89)23-33-26-67-28-69-33/h9-11,14-15,26,28-31,34-42,47-48,81H,7-8,12-13,16-25,27,63H2,1-6H3,(H2,62,82)(H2,64,89)(H,67,69)(H,70,95)(H,71,90)(H,72,97)(H,73,96)(H,74,98)(H,75,92)(H,76,93)(H,77,91)(H,78,100)(H,79,99)(H,80,94)(H,83,84)(H,85,86)(H,87,88)(H4,65,66,68)/t30-,31-,34-,35-,36-,37-,38-,39-,40-,41-,42-,47-,48-/m0/s1. The maximum absolute atomic E-state index is 14.3. The van der Waals surface area contributed by atoms with Crippen LogP contribution >= 0.6 is 0 Å². The monoisotopic (exact) mass is 1410 g/mol. The molecule has 13 atom stereocenters. The summed E-state index contributed by atoms with van der Waals surface area (Å²) in [6.07, 6.45) is -2.11. The van der Waals surface area contributed by atoms with E-state index in [0.29, 0.717) is 17.7 Å².